The molecule has 0 fully saturated rings. The van der Waals surface area contributed by atoms with Crippen molar-refractivity contribution >= 4 is 0 Å². The molecule has 0 aliphatic heterocycles. The molecule has 11 heavy (non-hydrogen) atoms. The summed E-state index contributed by atoms with van der Waals surface area (Å²) >= 11 is 0. The summed E-state index contributed by atoms with van der Waals surface area (Å²) in [5.41, 5.74) is 0. The highest BCUT2D eigenvalue weighted by molar-refractivity contribution is 4.78. The van der Waals surface area contributed by atoms with E-state index < -0.39 is 0 Å². The molecule has 0 spiro atoms. The summed E-state index contributed by atoms with van der Waals surface area (Å²) in [4.78, 5) is 2.49. The molecule has 0 N–H and O–H groups in total. The SMILES string of the molecule is C=CCC(CC)N(CC)CC. The van der Waals surface area contributed by atoms with Crippen LogP contribution < -0.4 is 0 Å². The molecule has 1 heteroatoms. The van der Waals surface area contributed by atoms with Crippen LogP contribution >= 0.6 is 0 Å². The minimum Gasteiger partial charge on any atom is -0.301 e. The lowest BCUT2D eigenvalue weighted by molar-refractivity contribution is 0.212. The summed E-state index contributed by atoms with van der Waals surface area (Å²) in [5.74, 6) is 0. The van der Waals surface area contributed by atoms with Crippen LogP contribution in [0.2, 0.25) is 0 Å². The van der Waals surface area contributed by atoms with Crippen molar-refractivity contribution in [2.75, 3.05) is 13.1 Å². The molecule has 66 valence electrons. The molecule has 1 atom stereocenters. The van der Waals surface area contributed by atoms with Gasteiger partial charge in [-0.3, -0.25) is 0 Å². The highest BCUT2D eigenvalue weighted by Gasteiger charge is 2.10. The van der Waals surface area contributed by atoms with Gasteiger partial charge >= 0.3 is 0 Å². The van der Waals surface area contributed by atoms with Crippen molar-refractivity contribution in [3.05, 3.63) is 12.7 Å². The average molecular weight is 155 g/mol. The normalized spacial score (nSPS) is 13.5. The summed E-state index contributed by atoms with van der Waals surface area (Å²) in [6.45, 7) is 12.8. The van der Waals surface area contributed by atoms with Gasteiger partial charge in [0.25, 0.3) is 0 Å². The summed E-state index contributed by atoms with van der Waals surface area (Å²) in [6.07, 6.45) is 4.37. The van der Waals surface area contributed by atoms with Gasteiger partial charge in [-0.1, -0.05) is 26.8 Å². The Kier molecular flexibility index (Phi) is 6.24. The molecule has 0 amide bonds. The van der Waals surface area contributed by atoms with E-state index in [0.29, 0.717) is 6.04 Å². The second kappa shape index (κ2) is 6.41. The van der Waals surface area contributed by atoms with Gasteiger partial charge in [-0.15, -0.1) is 6.58 Å². The minimum atomic E-state index is 0.711. The van der Waals surface area contributed by atoms with E-state index in [0.717, 1.165) is 19.5 Å². The van der Waals surface area contributed by atoms with Gasteiger partial charge in [-0.05, 0) is 25.9 Å². The molecule has 0 saturated carbocycles. The second-order valence-corrected chi connectivity index (χ2v) is 2.81. The summed E-state index contributed by atoms with van der Waals surface area (Å²) in [5, 5.41) is 0. The summed E-state index contributed by atoms with van der Waals surface area (Å²) in [6, 6.07) is 0.711. The quantitative estimate of drug-likeness (QED) is 0.533. The molecule has 0 aromatic carbocycles. The van der Waals surface area contributed by atoms with Gasteiger partial charge in [0, 0.05) is 6.04 Å². The van der Waals surface area contributed by atoms with Crippen LogP contribution in [-0.4, -0.2) is 24.0 Å². The van der Waals surface area contributed by atoms with Crippen molar-refractivity contribution in [2.24, 2.45) is 0 Å². The van der Waals surface area contributed by atoms with Crippen LogP contribution in [-0.2, 0) is 0 Å². The first-order chi connectivity index (χ1) is 5.29. The van der Waals surface area contributed by atoms with E-state index in [-0.39, 0.29) is 0 Å². The van der Waals surface area contributed by atoms with Crippen LogP contribution in [0.5, 0.6) is 0 Å². The Labute approximate surface area is 71.1 Å². The summed E-state index contributed by atoms with van der Waals surface area (Å²) < 4.78 is 0. The van der Waals surface area contributed by atoms with Crippen molar-refractivity contribution in [3.63, 3.8) is 0 Å². The van der Waals surface area contributed by atoms with Crippen LogP contribution in [0.1, 0.15) is 33.6 Å². The first-order valence-corrected chi connectivity index (χ1v) is 4.64. The fraction of sp³-hybridized carbons (Fsp3) is 0.800. The van der Waals surface area contributed by atoms with E-state index in [1.54, 1.807) is 0 Å². The highest BCUT2D eigenvalue weighted by Crippen LogP contribution is 2.07. The van der Waals surface area contributed by atoms with Gasteiger partial charge in [0.05, 0.1) is 0 Å². The maximum absolute atomic E-state index is 3.77. The molecule has 0 aromatic rings. The Morgan fingerprint density at radius 1 is 1.27 bits per heavy atom. The molecule has 0 heterocycles. The van der Waals surface area contributed by atoms with Crippen molar-refractivity contribution in [1.82, 2.24) is 4.90 Å². The van der Waals surface area contributed by atoms with E-state index in [9.17, 15) is 0 Å². The third kappa shape index (κ3) is 3.57. The molecule has 0 saturated heterocycles. The standard InChI is InChI=1S/C10H21N/c1-5-9-10(6-2)11(7-3)8-4/h5,10H,1,6-9H2,2-4H3. The van der Waals surface area contributed by atoms with Gasteiger partial charge in [-0.25, -0.2) is 0 Å². The smallest absolute Gasteiger partial charge is 0.0127 e. The third-order valence-corrected chi connectivity index (χ3v) is 2.24. The second-order valence-electron chi connectivity index (χ2n) is 2.81. The van der Waals surface area contributed by atoms with Gasteiger partial charge in [-0.2, -0.15) is 0 Å². The van der Waals surface area contributed by atoms with Gasteiger partial charge in [0.15, 0.2) is 0 Å². The first-order valence-electron chi connectivity index (χ1n) is 4.64. The van der Waals surface area contributed by atoms with E-state index in [4.69, 9.17) is 0 Å². The topological polar surface area (TPSA) is 3.24 Å². The molecular formula is C10H21N. The molecule has 1 nitrogen and oxygen atoms in total. The first kappa shape index (κ1) is 10.7. The molecule has 0 aromatic heterocycles. The zero-order chi connectivity index (χ0) is 8.69. The Bertz CT molecular complexity index is 95.0. The van der Waals surface area contributed by atoms with Gasteiger partial charge in [0.1, 0.15) is 0 Å². The van der Waals surface area contributed by atoms with Gasteiger partial charge < -0.3 is 4.90 Å². The number of hydrogen-bond donors (Lipinski definition) is 0. The third-order valence-electron chi connectivity index (χ3n) is 2.24. The fourth-order valence-corrected chi connectivity index (χ4v) is 1.51. The van der Waals surface area contributed by atoms with Crippen LogP contribution in [0.4, 0.5) is 0 Å². The van der Waals surface area contributed by atoms with Crippen molar-refractivity contribution in [1.29, 1.82) is 0 Å². The fourth-order valence-electron chi connectivity index (χ4n) is 1.51. The van der Waals surface area contributed by atoms with Crippen LogP contribution in [0, 0.1) is 0 Å². The maximum atomic E-state index is 3.77. The van der Waals surface area contributed by atoms with E-state index >= 15 is 0 Å². The lowest BCUT2D eigenvalue weighted by Crippen LogP contribution is -2.34. The van der Waals surface area contributed by atoms with Crippen LogP contribution in [0.15, 0.2) is 12.7 Å². The highest BCUT2D eigenvalue weighted by atomic mass is 15.1. The lowest BCUT2D eigenvalue weighted by Gasteiger charge is -2.27. The molecular weight excluding hydrogens is 134 g/mol. The molecule has 1 unspecified atom stereocenters. The Morgan fingerprint density at radius 2 is 1.82 bits per heavy atom. The minimum absolute atomic E-state index is 0.711. The average Bonchev–Trinajstić information content (AvgIpc) is 2.05. The monoisotopic (exact) mass is 155 g/mol. The Morgan fingerprint density at radius 3 is 2.09 bits per heavy atom. The molecule has 0 aliphatic rings. The van der Waals surface area contributed by atoms with Crippen molar-refractivity contribution in [3.8, 4) is 0 Å². The van der Waals surface area contributed by atoms with Gasteiger partial charge in [0.2, 0.25) is 0 Å². The number of nitrogens with zero attached hydrogens (tertiary/aromatic N) is 1. The molecule has 0 rings (SSSR count). The predicted octanol–water partition coefficient (Wildman–Crippen LogP) is 2.68. The number of rotatable bonds is 6. The Balaban J connectivity index is 3.85. The maximum Gasteiger partial charge on any atom is 0.0127 e. The molecule has 0 radical (unpaired) electrons. The zero-order valence-corrected chi connectivity index (χ0v) is 8.14. The van der Waals surface area contributed by atoms with Crippen LogP contribution in [0.3, 0.4) is 0 Å². The zero-order valence-electron chi connectivity index (χ0n) is 8.14. The molecule has 0 bridgehead atoms. The Hall–Kier alpha value is -0.300. The lowest BCUT2D eigenvalue weighted by atomic mass is 10.1. The number of hydrogen-bond acceptors (Lipinski definition) is 1. The largest absolute Gasteiger partial charge is 0.301 e. The predicted molar refractivity (Wildman–Crippen MR) is 51.8 cm³/mol. The van der Waals surface area contributed by atoms with Crippen molar-refractivity contribution in [2.45, 2.75) is 39.7 Å². The van der Waals surface area contributed by atoms with Crippen LogP contribution in [0.25, 0.3) is 0 Å². The van der Waals surface area contributed by atoms with E-state index in [1.807, 2.05) is 6.08 Å². The van der Waals surface area contributed by atoms with E-state index in [1.165, 1.54) is 6.42 Å². The van der Waals surface area contributed by atoms with Crippen molar-refractivity contribution < 1.29 is 0 Å². The summed E-state index contributed by atoms with van der Waals surface area (Å²) in [7, 11) is 0. The van der Waals surface area contributed by atoms with E-state index in [2.05, 4.69) is 32.3 Å². The molecule has 0 aliphatic carbocycles.